The highest BCUT2D eigenvalue weighted by atomic mass is 35.5. The second-order valence-corrected chi connectivity index (χ2v) is 7.37. The first-order chi connectivity index (χ1) is 8.70. The molecule has 0 fully saturated rings. The topological polar surface area (TPSA) is 63.4 Å². The summed E-state index contributed by atoms with van der Waals surface area (Å²) in [6.45, 7) is 6.45. The van der Waals surface area contributed by atoms with E-state index in [0.29, 0.717) is 18.1 Å². The maximum absolute atomic E-state index is 12.6. The number of benzene rings is 1. The van der Waals surface area contributed by atoms with Crippen LogP contribution in [0.5, 0.6) is 0 Å². The summed E-state index contributed by atoms with van der Waals surface area (Å²) < 4.78 is 26.5. The van der Waals surface area contributed by atoms with Crippen molar-refractivity contribution in [2.75, 3.05) is 18.8 Å². The summed E-state index contributed by atoms with van der Waals surface area (Å²) in [5.74, 6) is 0.210. The highest BCUT2D eigenvalue weighted by molar-refractivity contribution is 7.89. The smallest absolute Gasteiger partial charge is 0.246 e. The van der Waals surface area contributed by atoms with Gasteiger partial charge < -0.3 is 5.73 Å². The molecule has 1 aromatic carbocycles. The van der Waals surface area contributed by atoms with E-state index in [-0.39, 0.29) is 21.5 Å². The summed E-state index contributed by atoms with van der Waals surface area (Å²) in [5.41, 5.74) is 5.83. The van der Waals surface area contributed by atoms with Crippen LogP contribution in [0.25, 0.3) is 0 Å². The largest absolute Gasteiger partial charge is 0.398 e. The van der Waals surface area contributed by atoms with Crippen molar-refractivity contribution in [3.63, 3.8) is 0 Å². The minimum Gasteiger partial charge on any atom is -0.398 e. The lowest BCUT2D eigenvalue weighted by molar-refractivity contribution is 0.381. The maximum Gasteiger partial charge on any atom is 0.246 e. The summed E-state index contributed by atoms with van der Waals surface area (Å²) in [4.78, 5) is -0.0685. The van der Waals surface area contributed by atoms with Crippen LogP contribution in [0.15, 0.2) is 17.0 Å². The Hall–Kier alpha value is -0.490. The van der Waals surface area contributed by atoms with Crippen LogP contribution in [-0.4, -0.2) is 25.8 Å². The molecule has 0 aliphatic rings. The van der Waals surface area contributed by atoms with Gasteiger partial charge in [-0.2, -0.15) is 4.31 Å². The van der Waals surface area contributed by atoms with Gasteiger partial charge in [-0.3, -0.25) is 0 Å². The lowest BCUT2D eigenvalue weighted by Crippen LogP contribution is -2.34. The van der Waals surface area contributed by atoms with E-state index in [0.717, 1.165) is 0 Å². The van der Waals surface area contributed by atoms with Gasteiger partial charge in [-0.25, -0.2) is 8.42 Å². The third-order valence-corrected chi connectivity index (χ3v) is 5.24. The molecule has 0 aliphatic carbocycles. The molecule has 19 heavy (non-hydrogen) atoms. The summed E-state index contributed by atoms with van der Waals surface area (Å²) in [6.07, 6.45) is 0. The van der Waals surface area contributed by atoms with Gasteiger partial charge in [-0.15, -0.1) is 0 Å². The Balaban J connectivity index is 3.34. The molecule has 0 radical (unpaired) electrons. The van der Waals surface area contributed by atoms with Gasteiger partial charge in [-0.1, -0.05) is 44.0 Å². The van der Waals surface area contributed by atoms with Crippen LogP contribution in [0.3, 0.4) is 0 Å². The number of hydrogen-bond acceptors (Lipinski definition) is 3. The standard InChI is InChI=1S/C12H18Cl2N2O2S/c1-4-16(7-8(2)3)19(17,18)12-10(14)5-9(13)6-11(12)15/h5-6,8H,4,7,15H2,1-3H3. The molecule has 0 unspecified atom stereocenters. The average molecular weight is 325 g/mol. The first-order valence-corrected chi connectivity index (χ1v) is 8.14. The predicted molar refractivity (Wildman–Crippen MR) is 80.1 cm³/mol. The molecule has 0 saturated carbocycles. The quantitative estimate of drug-likeness (QED) is 0.845. The lowest BCUT2D eigenvalue weighted by Gasteiger charge is -2.23. The zero-order chi connectivity index (χ0) is 14.8. The average Bonchev–Trinajstić information content (AvgIpc) is 2.23. The summed E-state index contributed by atoms with van der Waals surface area (Å²) in [6, 6.07) is 2.78. The van der Waals surface area contributed by atoms with Crippen molar-refractivity contribution in [1.29, 1.82) is 0 Å². The van der Waals surface area contributed by atoms with Crippen LogP contribution >= 0.6 is 23.2 Å². The van der Waals surface area contributed by atoms with Crippen LogP contribution in [-0.2, 0) is 10.0 Å². The third-order valence-electron chi connectivity index (χ3n) is 2.56. The van der Waals surface area contributed by atoms with E-state index in [1.807, 2.05) is 13.8 Å². The number of halogens is 2. The minimum atomic E-state index is -3.71. The Morgan fingerprint density at radius 3 is 2.32 bits per heavy atom. The molecular formula is C12H18Cl2N2O2S. The van der Waals surface area contributed by atoms with Crippen molar-refractivity contribution in [3.05, 3.63) is 22.2 Å². The normalized spacial score (nSPS) is 12.4. The molecule has 108 valence electrons. The highest BCUT2D eigenvalue weighted by Gasteiger charge is 2.28. The van der Waals surface area contributed by atoms with Crippen molar-refractivity contribution in [3.8, 4) is 0 Å². The number of nitrogens with two attached hydrogens (primary N) is 1. The molecule has 1 aromatic rings. The fourth-order valence-electron chi connectivity index (χ4n) is 1.79. The third kappa shape index (κ3) is 3.75. The Bertz CT molecular complexity index is 536. The Kier molecular flexibility index (Phi) is 5.50. The van der Waals surface area contributed by atoms with Crippen LogP contribution in [0.1, 0.15) is 20.8 Å². The molecule has 0 spiro atoms. The molecule has 2 N–H and O–H groups in total. The maximum atomic E-state index is 12.6. The lowest BCUT2D eigenvalue weighted by atomic mass is 10.2. The Morgan fingerprint density at radius 2 is 1.89 bits per heavy atom. The van der Waals surface area contributed by atoms with E-state index < -0.39 is 10.0 Å². The molecule has 0 bridgehead atoms. The van der Waals surface area contributed by atoms with Gasteiger partial charge in [0.05, 0.1) is 10.7 Å². The SMILES string of the molecule is CCN(CC(C)C)S(=O)(=O)c1c(N)cc(Cl)cc1Cl. The number of nitrogens with zero attached hydrogens (tertiary/aromatic N) is 1. The van der Waals surface area contributed by atoms with E-state index in [9.17, 15) is 8.42 Å². The second kappa shape index (κ2) is 6.31. The molecule has 7 heteroatoms. The summed E-state index contributed by atoms with van der Waals surface area (Å²) in [5, 5.41) is 0.362. The van der Waals surface area contributed by atoms with Gasteiger partial charge in [0, 0.05) is 18.1 Å². The zero-order valence-electron chi connectivity index (χ0n) is 11.2. The predicted octanol–water partition coefficient (Wildman–Crippen LogP) is 3.24. The van der Waals surface area contributed by atoms with Crippen LogP contribution < -0.4 is 5.73 Å². The van der Waals surface area contributed by atoms with Gasteiger partial charge in [-0.05, 0) is 18.1 Å². The highest BCUT2D eigenvalue weighted by Crippen LogP contribution is 2.33. The van der Waals surface area contributed by atoms with Crippen LogP contribution in [0.2, 0.25) is 10.0 Å². The van der Waals surface area contributed by atoms with Crippen molar-refractivity contribution >= 4 is 38.9 Å². The van der Waals surface area contributed by atoms with Crippen molar-refractivity contribution in [2.24, 2.45) is 5.92 Å². The number of rotatable bonds is 5. The summed E-state index contributed by atoms with van der Waals surface area (Å²) >= 11 is 11.8. The van der Waals surface area contributed by atoms with Gasteiger partial charge in [0.15, 0.2) is 0 Å². The molecular weight excluding hydrogens is 307 g/mol. The van der Waals surface area contributed by atoms with Crippen molar-refractivity contribution < 1.29 is 8.42 Å². The first-order valence-electron chi connectivity index (χ1n) is 5.94. The summed E-state index contributed by atoms with van der Waals surface area (Å²) in [7, 11) is -3.71. The molecule has 0 heterocycles. The fourth-order valence-corrected chi connectivity index (χ4v) is 4.34. The molecule has 0 saturated heterocycles. The molecule has 0 atom stereocenters. The van der Waals surface area contributed by atoms with Gasteiger partial charge in [0.2, 0.25) is 10.0 Å². The fraction of sp³-hybridized carbons (Fsp3) is 0.500. The Morgan fingerprint density at radius 1 is 1.32 bits per heavy atom. The molecule has 0 aliphatic heterocycles. The number of hydrogen-bond donors (Lipinski definition) is 1. The first kappa shape index (κ1) is 16.6. The van der Waals surface area contributed by atoms with Crippen molar-refractivity contribution in [1.82, 2.24) is 4.31 Å². The van der Waals surface area contributed by atoms with Gasteiger partial charge in [0.25, 0.3) is 0 Å². The number of anilines is 1. The van der Waals surface area contributed by atoms with E-state index in [4.69, 9.17) is 28.9 Å². The monoisotopic (exact) mass is 324 g/mol. The zero-order valence-corrected chi connectivity index (χ0v) is 13.5. The molecule has 1 rings (SSSR count). The second-order valence-electron chi connectivity index (χ2n) is 4.66. The molecule has 4 nitrogen and oxygen atoms in total. The van der Waals surface area contributed by atoms with Crippen molar-refractivity contribution in [2.45, 2.75) is 25.7 Å². The van der Waals surface area contributed by atoms with E-state index in [2.05, 4.69) is 0 Å². The van der Waals surface area contributed by atoms with Crippen LogP contribution in [0.4, 0.5) is 5.69 Å². The van der Waals surface area contributed by atoms with Gasteiger partial charge >= 0.3 is 0 Å². The minimum absolute atomic E-state index is 0.0483. The molecule has 0 amide bonds. The van der Waals surface area contributed by atoms with Crippen LogP contribution in [0, 0.1) is 5.92 Å². The number of nitrogen functional groups attached to an aromatic ring is 1. The Labute approximate surface area is 124 Å². The van der Waals surface area contributed by atoms with E-state index >= 15 is 0 Å². The van der Waals surface area contributed by atoms with Gasteiger partial charge in [0.1, 0.15) is 4.90 Å². The van der Waals surface area contributed by atoms with E-state index in [1.165, 1.54) is 16.4 Å². The molecule has 0 aromatic heterocycles. The number of sulfonamides is 1. The van der Waals surface area contributed by atoms with E-state index in [1.54, 1.807) is 6.92 Å².